The van der Waals surface area contributed by atoms with Gasteiger partial charge in [0.15, 0.2) is 11.7 Å². The van der Waals surface area contributed by atoms with Gasteiger partial charge in [-0.3, -0.25) is 4.99 Å². The number of halogens is 5. The van der Waals surface area contributed by atoms with Crippen LogP contribution in [0.1, 0.15) is 16.3 Å². The summed E-state index contributed by atoms with van der Waals surface area (Å²) in [6.45, 7) is 0.743. The lowest BCUT2D eigenvalue weighted by Crippen LogP contribution is -2.37. The van der Waals surface area contributed by atoms with E-state index in [4.69, 9.17) is 0 Å². The number of rotatable bonds is 7. The van der Waals surface area contributed by atoms with Crippen molar-refractivity contribution < 1.29 is 17.6 Å². The molecule has 0 fully saturated rings. The minimum atomic E-state index is -4.43. The first kappa shape index (κ1) is 24.0. The van der Waals surface area contributed by atoms with Crippen molar-refractivity contribution in [2.75, 3.05) is 19.3 Å². The van der Waals surface area contributed by atoms with Crippen molar-refractivity contribution >= 4 is 53.0 Å². The third-order valence-electron chi connectivity index (χ3n) is 3.23. The number of nitrogens with one attached hydrogen (secondary N) is 2. The van der Waals surface area contributed by atoms with Gasteiger partial charge in [0.1, 0.15) is 10.8 Å². The summed E-state index contributed by atoms with van der Waals surface area (Å²) >= 11 is 2.52. The molecule has 0 aliphatic heterocycles. The van der Waals surface area contributed by atoms with E-state index in [1.54, 1.807) is 37.0 Å². The van der Waals surface area contributed by atoms with Crippen LogP contribution in [0.5, 0.6) is 0 Å². The van der Waals surface area contributed by atoms with Crippen molar-refractivity contribution in [3.05, 3.63) is 51.7 Å². The Bertz CT molecular complexity index is 737. The van der Waals surface area contributed by atoms with E-state index < -0.39 is 11.9 Å². The molecule has 0 amide bonds. The molecule has 0 aliphatic carbocycles. The molecular formula is C16H19F4IN4S2. The molecule has 27 heavy (non-hydrogen) atoms. The van der Waals surface area contributed by atoms with Gasteiger partial charge in [0, 0.05) is 30.5 Å². The van der Waals surface area contributed by atoms with Crippen molar-refractivity contribution in [2.24, 2.45) is 4.99 Å². The Morgan fingerprint density at radius 1 is 1.26 bits per heavy atom. The molecule has 150 valence electrons. The van der Waals surface area contributed by atoms with Crippen LogP contribution < -0.4 is 10.6 Å². The number of benzene rings is 1. The highest BCUT2D eigenvalue weighted by Gasteiger charge is 2.33. The first-order valence-corrected chi connectivity index (χ1v) is 9.71. The molecule has 0 aliphatic rings. The monoisotopic (exact) mass is 534 g/mol. The summed E-state index contributed by atoms with van der Waals surface area (Å²) in [5, 5.41) is 7.30. The van der Waals surface area contributed by atoms with E-state index in [0.717, 1.165) is 22.5 Å². The molecule has 0 spiro atoms. The standard InChI is InChI=1S/C16H18F4N4S2.HI/c1-21-15(23-8-14-24-13(10-26-14)16(18,19)20)22-6-7-25-9-11-4-2-3-5-12(11)17;/h2-5,10H,6-9H2,1H3,(H2,21,22,23);1H. The SMILES string of the molecule is CN=C(NCCSCc1ccccc1F)NCc1nc(C(F)(F)F)cs1.I. The molecule has 1 aromatic carbocycles. The molecule has 0 saturated heterocycles. The lowest BCUT2D eigenvalue weighted by molar-refractivity contribution is -0.140. The minimum absolute atomic E-state index is 0. The maximum Gasteiger partial charge on any atom is 0.434 e. The molecule has 2 aromatic rings. The van der Waals surface area contributed by atoms with Gasteiger partial charge in [0.05, 0.1) is 6.54 Å². The molecular weight excluding hydrogens is 515 g/mol. The van der Waals surface area contributed by atoms with Crippen LogP contribution in [0.2, 0.25) is 0 Å². The maximum absolute atomic E-state index is 13.5. The smallest absolute Gasteiger partial charge is 0.356 e. The van der Waals surface area contributed by atoms with Crippen LogP contribution in [0.25, 0.3) is 0 Å². The lowest BCUT2D eigenvalue weighted by Gasteiger charge is -2.11. The fourth-order valence-corrected chi connectivity index (χ4v) is 3.53. The van der Waals surface area contributed by atoms with Crippen LogP contribution in [0.15, 0.2) is 34.6 Å². The molecule has 2 N–H and O–H groups in total. The van der Waals surface area contributed by atoms with E-state index in [1.807, 2.05) is 0 Å². The van der Waals surface area contributed by atoms with Crippen LogP contribution in [-0.4, -0.2) is 30.3 Å². The predicted molar refractivity (Wildman–Crippen MR) is 113 cm³/mol. The summed E-state index contributed by atoms with van der Waals surface area (Å²) < 4.78 is 51.0. The van der Waals surface area contributed by atoms with Gasteiger partial charge in [-0.2, -0.15) is 24.9 Å². The first-order valence-electron chi connectivity index (χ1n) is 7.67. The van der Waals surface area contributed by atoms with Gasteiger partial charge in [0.2, 0.25) is 0 Å². The number of alkyl halides is 3. The van der Waals surface area contributed by atoms with E-state index >= 15 is 0 Å². The third kappa shape index (κ3) is 8.21. The normalized spacial score (nSPS) is 11.8. The number of aromatic nitrogens is 1. The Balaban J connectivity index is 0.00000364. The van der Waals surface area contributed by atoms with Crippen LogP contribution in [0.4, 0.5) is 17.6 Å². The van der Waals surface area contributed by atoms with Crippen molar-refractivity contribution in [3.63, 3.8) is 0 Å². The van der Waals surface area contributed by atoms with Crippen LogP contribution in [0, 0.1) is 5.82 Å². The second-order valence-corrected chi connectivity index (χ2v) is 7.17. The summed E-state index contributed by atoms with van der Waals surface area (Å²) in [6, 6.07) is 6.63. The molecule has 0 radical (unpaired) electrons. The molecule has 0 bridgehead atoms. The summed E-state index contributed by atoms with van der Waals surface area (Å²) in [7, 11) is 1.57. The zero-order valence-electron chi connectivity index (χ0n) is 14.3. The second kappa shape index (κ2) is 11.7. The summed E-state index contributed by atoms with van der Waals surface area (Å²) in [4.78, 5) is 7.56. The van der Waals surface area contributed by atoms with E-state index in [1.165, 1.54) is 6.07 Å². The van der Waals surface area contributed by atoms with Gasteiger partial charge in [0.25, 0.3) is 0 Å². The molecule has 0 unspecified atom stereocenters. The Morgan fingerprint density at radius 3 is 2.63 bits per heavy atom. The zero-order chi connectivity index (χ0) is 19.0. The number of nitrogens with zero attached hydrogens (tertiary/aromatic N) is 2. The fourth-order valence-electron chi connectivity index (χ4n) is 1.94. The average Bonchev–Trinajstić information content (AvgIpc) is 3.08. The van der Waals surface area contributed by atoms with E-state index in [9.17, 15) is 17.6 Å². The van der Waals surface area contributed by atoms with E-state index in [-0.39, 0.29) is 36.3 Å². The molecule has 4 nitrogen and oxygen atoms in total. The zero-order valence-corrected chi connectivity index (χ0v) is 18.3. The number of thioether (sulfide) groups is 1. The summed E-state index contributed by atoms with van der Waals surface area (Å²) in [6.07, 6.45) is -4.43. The van der Waals surface area contributed by atoms with Crippen molar-refractivity contribution in [3.8, 4) is 0 Å². The number of hydrogen-bond donors (Lipinski definition) is 2. The lowest BCUT2D eigenvalue weighted by atomic mass is 10.2. The van der Waals surface area contributed by atoms with Gasteiger partial charge < -0.3 is 10.6 Å². The highest BCUT2D eigenvalue weighted by Crippen LogP contribution is 2.29. The maximum atomic E-state index is 13.5. The van der Waals surface area contributed by atoms with Crippen LogP contribution >= 0.6 is 47.1 Å². The molecule has 0 saturated carbocycles. The quantitative estimate of drug-likeness (QED) is 0.181. The Morgan fingerprint density at radius 2 is 2.00 bits per heavy atom. The number of thiazole rings is 1. The van der Waals surface area contributed by atoms with Crippen molar-refractivity contribution in [1.29, 1.82) is 0 Å². The van der Waals surface area contributed by atoms with Crippen molar-refractivity contribution in [2.45, 2.75) is 18.5 Å². The summed E-state index contributed by atoms with van der Waals surface area (Å²) in [5.41, 5.74) is -0.226. The van der Waals surface area contributed by atoms with Crippen LogP contribution in [0.3, 0.4) is 0 Å². The first-order chi connectivity index (χ1) is 12.4. The van der Waals surface area contributed by atoms with Gasteiger partial charge in [-0.25, -0.2) is 9.37 Å². The molecule has 0 atom stereocenters. The third-order valence-corrected chi connectivity index (χ3v) is 5.08. The number of guanidine groups is 1. The Labute approximate surface area is 180 Å². The largest absolute Gasteiger partial charge is 0.434 e. The number of hydrogen-bond acceptors (Lipinski definition) is 4. The topological polar surface area (TPSA) is 49.3 Å². The van der Waals surface area contributed by atoms with Crippen molar-refractivity contribution in [1.82, 2.24) is 15.6 Å². The molecule has 2 rings (SSSR count). The second-order valence-electron chi connectivity index (χ2n) is 5.12. The fraction of sp³-hybridized carbons (Fsp3) is 0.375. The average molecular weight is 534 g/mol. The highest BCUT2D eigenvalue weighted by atomic mass is 127. The van der Waals surface area contributed by atoms with Crippen LogP contribution in [-0.2, 0) is 18.5 Å². The molecule has 1 heterocycles. The van der Waals surface area contributed by atoms with E-state index in [2.05, 4.69) is 20.6 Å². The van der Waals surface area contributed by atoms with E-state index in [0.29, 0.717) is 28.8 Å². The number of aliphatic imine (C=N–C) groups is 1. The molecule has 1 aromatic heterocycles. The highest BCUT2D eigenvalue weighted by molar-refractivity contribution is 14.0. The predicted octanol–water partition coefficient (Wildman–Crippen LogP) is 4.52. The van der Waals surface area contributed by atoms with Gasteiger partial charge in [-0.1, -0.05) is 18.2 Å². The Kier molecular flexibility index (Phi) is 10.4. The summed E-state index contributed by atoms with van der Waals surface area (Å²) in [5.74, 6) is 1.55. The van der Waals surface area contributed by atoms with Gasteiger partial charge in [-0.15, -0.1) is 35.3 Å². The Hall–Kier alpha value is -1.08. The van der Waals surface area contributed by atoms with Gasteiger partial charge >= 0.3 is 6.18 Å². The van der Waals surface area contributed by atoms with Gasteiger partial charge in [-0.05, 0) is 11.6 Å². The minimum Gasteiger partial charge on any atom is -0.356 e. The molecule has 11 heteroatoms.